The van der Waals surface area contributed by atoms with Gasteiger partial charge in [-0.05, 0) is 30.7 Å². The summed E-state index contributed by atoms with van der Waals surface area (Å²) in [6.45, 7) is 1.19. The van der Waals surface area contributed by atoms with Crippen molar-refractivity contribution >= 4 is 23.5 Å². The van der Waals surface area contributed by atoms with Gasteiger partial charge in [0.1, 0.15) is 11.4 Å². The number of rotatable bonds is 7. The van der Waals surface area contributed by atoms with Gasteiger partial charge in [-0.2, -0.15) is 0 Å². The van der Waals surface area contributed by atoms with Gasteiger partial charge in [-0.25, -0.2) is 9.18 Å². The summed E-state index contributed by atoms with van der Waals surface area (Å²) in [7, 11) is 0. The zero-order chi connectivity index (χ0) is 20.3. The number of carbonyl (C=O) groups excluding carboxylic acids is 2. The van der Waals surface area contributed by atoms with Crippen molar-refractivity contribution in [3.63, 3.8) is 0 Å². The van der Waals surface area contributed by atoms with Gasteiger partial charge in [0.15, 0.2) is 0 Å². The minimum absolute atomic E-state index is 0.0215. The first-order chi connectivity index (χ1) is 13.3. The van der Waals surface area contributed by atoms with E-state index in [0.717, 1.165) is 4.90 Å². The van der Waals surface area contributed by atoms with Gasteiger partial charge in [-0.3, -0.25) is 9.69 Å². The van der Waals surface area contributed by atoms with Crippen LogP contribution in [0.4, 0.5) is 9.18 Å². The Labute approximate surface area is 166 Å². The van der Waals surface area contributed by atoms with E-state index in [9.17, 15) is 19.1 Å². The Bertz CT molecular complexity index is 877. The number of benzene rings is 2. The van der Waals surface area contributed by atoms with Gasteiger partial charge in [0.25, 0.3) is 5.91 Å². The van der Waals surface area contributed by atoms with Gasteiger partial charge in [0.2, 0.25) is 0 Å². The summed E-state index contributed by atoms with van der Waals surface area (Å²) in [5.41, 5.74) is -0.293. The second-order valence-corrected chi connectivity index (χ2v) is 7.17. The molecule has 0 aromatic heterocycles. The number of nitrogens with one attached hydrogen (secondary N) is 1. The number of imide groups is 1. The Hall–Kier alpha value is -2.48. The van der Waals surface area contributed by atoms with Crippen molar-refractivity contribution in [2.45, 2.75) is 25.2 Å². The van der Waals surface area contributed by atoms with Crippen molar-refractivity contribution < 1.29 is 23.8 Å². The van der Waals surface area contributed by atoms with Crippen LogP contribution in [0.5, 0.6) is 0 Å². The average molecular weight is 407 g/mol. The summed E-state index contributed by atoms with van der Waals surface area (Å²) in [6.07, 6.45) is -1.10. The van der Waals surface area contributed by atoms with Gasteiger partial charge in [0.05, 0.1) is 25.9 Å². The lowest BCUT2D eigenvalue weighted by Crippen LogP contribution is -2.42. The van der Waals surface area contributed by atoms with E-state index >= 15 is 0 Å². The zero-order valence-corrected chi connectivity index (χ0v) is 15.9. The first-order valence-electron chi connectivity index (χ1n) is 8.70. The minimum Gasteiger partial charge on any atom is -0.389 e. The van der Waals surface area contributed by atoms with Crippen molar-refractivity contribution in [2.75, 3.05) is 13.2 Å². The van der Waals surface area contributed by atoms with Crippen LogP contribution in [0, 0.1) is 5.82 Å². The molecule has 1 saturated heterocycles. The number of nitrogens with zero attached hydrogens (tertiary/aromatic N) is 1. The molecule has 148 valence electrons. The molecule has 2 N–H and O–H groups in total. The number of hydrogen-bond donors (Lipinski definition) is 2. The first kappa shape index (κ1) is 20.3. The van der Waals surface area contributed by atoms with Gasteiger partial charge < -0.3 is 15.2 Å². The van der Waals surface area contributed by atoms with Crippen molar-refractivity contribution in [1.82, 2.24) is 10.2 Å². The molecule has 8 heteroatoms. The number of aliphatic hydroxyl groups excluding tert-OH is 1. The van der Waals surface area contributed by atoms with Crippen molar-refractivity contribution in [2.24, 2.45) is 0 Å². The van der Waals surface area contributed by atoms with Crippen LogP contribution in [0.25, 0.3) is 0 Å². The molecular formula is C20H20ClFN2O4. The summed E-state index contributed by atoms with van der Waals surface area (Å²) >= 11 is 5.88. The highest BCUT2D eigenvalue weighted by atomic mass is 35.5. The van der Waals surface area contributed by atoms with E-state index in [1.54, 1.807) is 49.4 Å². The van der Waals surface area contributed by atoms with Crippen molar-refractivity contribution in [1.29, 1.82) is 0 Å². The van der Waals surface area contributed by atoms with Gasteiger partial charge >= 0.3 is 6.03 Å². The Balaban J connectivity index is 1.59. The van der Waals surface area contributed by atoms with Crippen LogP contribution in [-0.2, 0) is 21.7 Å². The van der Waals surface area contributed by atoms with Crippen LogP contribution in [0.2, 0.25) is 5.02 Å². The molecule has 2 atom stereocenters. The SMILES string of the molecule is CC1(c2ccc(Cl)cc2)NC(=O)N(CC(O)COCc2ccccc2F)C1=O. The number of halogens is 2. The lowest BCUT2D eigenvalue weighted by Gasteiger charge is -2.23. The summed E-state index contributed by atoms with van der Waals surface area (Å²) in [4.78, 5) is 26.0. The quantitative estimate of drug-likeness (QED) is 0.693. The molecule has 0 spiro atoms. The summed E-state index contributed by atoms with van der Waals surface area (Å²) in [5, 5.41) is 13.3. The largest absolute Gasteiger partial charge is 0.389 e. The van der Waals surface area contributed by atoms with E-state index in [1.165, 1.54) is 6.07 Å². The van der Waals surface area contributed by atoms with E-state index in [2.05, 4.69) is 5.32 Å². The highest BCUT2D eigenvalue weighted by Gasteiger charge is 2.49. The lowest BCUT2D eigenvalue weighted by atomic mass is 9.92. The number of urea groups is 1. The topological polar surface area (TPSA) is 78.9 Å². The molecule has 3 rings (SSSR count). The number of aliphatic hydroxyl groups is 1. The maximum Gasteiger partial charge on any atom is 0.325 e. The fourth-order valence-corrected chi connectivity index (χ4v) is 3.15. The zero-order valence-electron chi connectivity index (χ0n) is 15.2. The smallest absolute Gasteiger partial charge is 0.325 e. The Morgan fingerprint density at radius 2 is 1.89 bits per heavy atom. The molecule has 1 aliphatic heterocycles. The Morgan fingerprint density at radius 3 is 2.57 bits per heavy atom. The summed E-state index contributed by atoms with van der Waals surface area (Å²) in [6, 6.07) is 12.2. The maximum atomic E-state index is 13.6. The van der Waals surface area contributed by atoms with E-state index in [-0.39, 0.29) is 19.8 Å². The number of ether oxygens (including phenoxy) is 1. The number of carbonyl (C=O) groups is 2. The molecule has 1 fully saturated rings. The molecule has 1 heterocycles. The predicted molar refractivity (Wildman–Crippen MR) is 101 cm³/mol. The molecule has 2 unspecified atom stereocenters. The predicted octanol–water partition coefficient (Wildman–Crippen LogP) is 2.82. The standard InChI is InChI=1S/C20H20ClFN2O4/c1-20(14-6-8-15(21)9-7-14)18(26)24(19(27)23-20)10-16(25)12-28-11-13-4-2-3-5-17(13)22/h2-9,16,25H,10-12H2,1H3,(H,23,27). The van der Waals surface area contributed by atoms with Crippen LogP contribution in [0.1, 0.15) is 18.1 Å². The van der Waals surface area contributed by atoms with Crippen LogP contribution in [-0.4, -0.2) is 41.2 Å². The molecule has 2 aromatic rings. The van der Waals surface area contributed by atoms with Crippen LogP contribution < -0.4 is 5.32 Å². The van der Waals surface area contributed by atoms with Crippen molar-refractivity contribution in [3.8, 4) is 0 Å². The third kappa shape index (κ3) is 4.16. The molecule has 0 radical (unpaired) electrons. The first-order valence-corrected chi connectivity index (χ1v) is 9.08. The molecule has 3 amide bonds. The number of hydrogen-bond acceptors (Lipinski definition) is 4. The Kier molecular flexibility index (Phi) is 5.98. The van der Waals surface area contributed by atoms with Crippen LogP contribution in [0.15, 0.2) is 48.5 Å². The summed E-state index contributed by atoms with van der Waals surface area (Å²) in [5.74, 6) is -0.877. The molecule has 6 nitrogen and oxygen atoms in total. The maximum absolute atomic E-state index is 13.6. The number of β-amino-alcohol motifs (C(OH)–C–C–N with tert-alkyl or cyclic N) is 1. The average Bonchev–Trinajstić information content (AvgIpc) is 2.88. The van der Waals surface area contributed by atoms with Gasteiger partial charge in [-0.15, -0.1) is 0 Å². The van der Waals surface area contributed by atoms with Gasteiger partial charge in [0, 0.05) is 10.6 Å². The fraction of sp³-hybridized carbons (Fsp3) is 0.300. The minimum atomic E-state index is -1.24. The van der Waals surface area contributed by atoms with Crippen molar-refractivity contribution in [3.05, 3.63) is 70.5 Å². The van der Waals surface area contributed by atoms with E-state index < -0.39 is 29.4 Å². The van der Waals surface area contributed by atoms with Crippen LogP contribution in [0.3, 0.4) is 0 Å². The highest BCUT2D eigenvalue weighted by molar-refractivity contribution is 6.30. The molecule has 2 aromatic carbocycles. The number of amides is 3. The Morgan fingerprint density at radius 1 is 1.21 bits per heavy atom. The second kappa shape index (κ2) is 8.26. The summed E-state index contributed by atoms with van der Waals surface area (Å²) < 4.78 is 18.9. The lowest BCUT2D eigenvalue weighted by molar-refractivity contribution is -0.132. The molecular weight excluding hydrogens is 387 g/mol. The van der Waals surface area contributed by atoms with Gasteiger partial charge in [-0.1, -0.05) is 41.9 Å². The third-order valence-corrected chi connectivity index (χ3v) is 4.87. The molecule has 0 bridgehead atoms. The second-order valence-electron chi connectivity index (χ2n) is 6.74. The molecule has 0 aliphatic carbocycles. The van der Waals surface area contributed by atoms with Crippen LogP contribution >= 0.6 is 11.6 Å². The third-order valence-electron chi connectivity index (χ3n) is 4.62. The fourth-order valence-electron chi connectivity index (χ4n) is 3.03. The molecule has 28 heavy (non-hydrogen) atoms. The normalized spacial score (nSPS) is 20.4. The monoisotopic (exact) mass is 406 g/mol. The van der Waals surface area contributed by atoms with E-state index in [1.807, 2.05) is 0 Å². The highest BCUT2D eigenvalue weighted by Crippen LogP contribution is 2.29. The molecule has 1 aliphatic rings. The molecule has 0 saturated carbocycles. The van der Waals surface area contributed by atoms with E-state index in [4.69, 9.17) is 16.3 Å². The van der Waals surface area contributed by atoms with E-state index in [0.29, 0.717) is 16.1 Å².